The minimum Gasteiger partial charge on any atom is -0.481 e. The van der Waals surface area contributed by atoms with E-state index in [2.05, 4.69) is 27.5 Å². The van der Waals surface area contributed by atoms with Crippen molar-refractivity contribution >= 4 is 41.7 Å². The number of halogens is 1. The number of nitrogens with zero attached hydrogens (tertiary/aromatic N) is 2. The van der Waals surface area contributed by atoms with Gasteiger partial charge in [0.15, 0.2) is 5.96 Å². The Labute approximate surface area is 154 Å². The molecule has 5 nitrogen and oxygen atoms in total. The van der Waals surface area contributed by atoms with Crippen molar-refractivity contribution in [3.8, 4) is 5.88 Å². The molecule has 1 atom stereocenters. The van der Waals surface area contributed by atoms with Gasteiger partial charge in [0.2, 0.25) is 5.88 Å². The summed E-state index contributed by atoms with van der Waals surface area (Å²) < 4.78 is 5.58. The van der Waals surface area contributed by atoms with Crippen LogP contribution in [-0.2, 0) is 6.54 Å². The fourth-order valence-corrected chi connectivity index (χ4v) is 3.63. The van der Waals surface area contributed by atoms with Gasteiger partial charge in [-0.3, -0.25) is 4.99 Å². The minimum atomic E-state index is 0. The van der Waals surface area contributed by atoms with Gasteiger partial charge in [-0.1, -0.05) is 6.07 Å². The highest BCUT2D eigenvalue weighted by molar-refractivity contribution is 14.0. The molecular formula is C15H25IN4OS. The summed E-state index contributed by atoms with van der Waals surface area (Å²) in [4.78, 5) is 8.47. The summed E-state index contributed by atoms with van der Waals surface area (Å²) in [7, 11) is 3.43. The molecule has 1 fully saturated rings. The molecular weight excluding hydrogens is 411 g/mol. The van der Waals surface area contributed by atoms with Gasteiger partial charge < -0.3 is 15.4 Å². The van der Waals surface area contributed by atoms with Crippen molar-refractivity contribution in [3.05, 3.63) is 23.9 Å². The molecule has 0 spiro atoms. The smallest absolute Gasteiger partial charge is 0.218 e. The first-order chi connectivity index (χ1) is 10.2. The third-order valence-electron chi connectivity index (χ3n) is 3.64. The van der Waals surface area contributed by atoms with Gasteiger partial charge in [-0.25, -0.2) is 4.98 Å². The van der Waals surface area contributed by atoms with Crippen molar-refractivity contribution in [2.45, 2.75) is 31.1 Å². The van der Waals surface area contributed by atoms with Crippen molar-refractivity contribution in [1.29, 1.82) is 0 Å². The van der Waals surface area contributed by atoms with Gasteiger partial charge in [-0.2, -0.15) is 11.8 Å². The molecule has 2 rings (SSSR count). The third kappa shape index (κ3) is 5.49. The number of guanidine groups is 1. The number of aromatic nitrogens is 1. The molecule has 1 aliphatic heterocycles. The highest BCUT2D eigenvalue weighted by Gasteiger charge is 2.29. The molecule has 0 aromatic carbocycles. The molecule has 1 aromatic rings. The second-order valence-corrected chi connectivity index (χ2v) is 7.04. The summed E-state index contributed by atoms with van der Waals surface area (Å²) in [6.45, 7) is 3.89. The number of thioether (sulfide) groups is 1. The number of nitrogens with one attached hydrogen (secondary N) is 2. The van der Waals surface area contributed by atoms with Crippen molar-refractivity contribution in [2.24, 2.45) is 4.99 Å². The largest absolute Gasteiger partial charge is 0.481 e. The van der Waals surface area contributed by atoms with Gasteiger partial charge in [0.05, 0.1) is 7.11 Å². The Bertz CT molecular complexity index is 492. The fraction of sp³-hybridized carbons (Fsp3) is 0.600. The Morgan fingerprint density at radius 2 is 2.32 bits per heavy atom. The predicted octanol–water partition coefficient (Wildman–Crippen LogP) is 2.66. The van der Waals surface area contributed by atoms with Gasteiger partial charge in [-0.05, 0) is 31.6 Å². The Morgan fingerprint density at radius 1 is 1.50 bits per heavy atom. The van der Waals surface area contributed by atoms with Gasteiger partial charge >= 0.3 is 0 Å². The normalized spacial score (nSPS) is 21.1. The molecule has 0 aliphatic carbocycles. The van der Waals surface area contributed by atoms with Crippen molar-refractivity contribution in [1.82, 2.24) is 15.6 Å². The van der Waals surface area contributed by atoms with E-state index >= 15 is 0 Å². The van der Waals surface area contributed by atoms with Crippen LogP contribution in [0.15, 0.2) is 23.3 Å². The zero-order chi connectivity index (χ0) is 15.1. The lowest BCUT2D eigenvalue weighted by Gasteiger charge is -2.24. The van der Waals surface area contributed by atoms with Crippen LogP contribution in [0.1, 0.15) is 25.3 Å². The van der Waals surface area contributed by atoms with Gasteiger partial charge in [0.1, 0.15) is 0 Å². The summed E-state index contributed by atoms with van der Waals surface area (Å²) >= 11 is 2.04. The van der Waals surface area contributed by atoms with E-state index in [0.717, 1.165) is 18.1 Å². The number of ether oxygens (including phenoxy) is 1. The molecule has 124 valence electrons. The number of aliphatic imine (C=N–C) groups is 1. The van der Waals surface area contributed by atoms with Gasteiger partial charge in [0.25, 0.3) is 0 Å². The maximum atomic E-state index is 5.25. The number of hydrogen-bond acceptors (Lipinski definition) is 4. The van der Waals surface area contributed by atoms with E-state index in [-0.39, 0.29) is 24.0 Å². The average Bonchev–Trinajstić information content (AvgIpc) is 2.95. The lowest BCUT2D eigenvalue weighted by atomic mass is 10.1. The molecule has 2 heterocycles. The van der Waals surface area contributed by atoms with Gasteiger partial charge in [-0.15, -0.1) is 24.0 Å². The molecule has 0 radical (unpaired) electrons. The lowest BCUT2D eigenvalue weighted by Crippen LogP contribution is -2.43. The minimum absolute atomic E-state index is 0. The van der Waals surface area contributed by atoms with E-state index < -0.39 is 0 Å². The van der Waals surface area contributed by atoms with Crippen LogP contribution in [0, 0.1) is 0 Å². The SMILES string of the molecule is CN=C(NCc1cccnc1OC)NCC1(C)CCCS1.I. The molecule has 0 amide bonds. The van der Waals surface area contributed by atoms with E-state index in [4.69, 9.17) is 4.74 Å². The third-order valence-corrected chi connectivity index (χ3v) is 5.18. The number of methoxy groups -OCH3 is 1. The monoisotopic (exact) mass is 436 g/mol. The van der Waals surface area contributed by atoms with E-state index in [1.54, 1.807) is 20.4 Å². The molecule has 0 bridgehead atoms. The first-order valence-electron chi connectivity index (χ1n) is 7.23. The van der Waals surface area contributed by atoms with E-state index in [9.17, 15) is 0 Å². The van der Waals surface area contributed by atoms with Crippen LogP contribution in [0.25, 0.3) is 0 Å². The molecule has 0 saturated carbocycles. The molecule has 1 aliphatic rings. The van der Waals surface area contributed by atoms with Crippen molar-refractivity contribution in [3.63, 3.8) is 0 Å². The molecule has 1 aromatic heterocycles. The average molecular weight is 436 g/mol. The summed E-state index contributed by atoms with van der Waals surface area (Å²) in [6, 6.07) is 3.91. The van der Waals surface area contributed by atoms with E-state index in [1.165, 1.54) is 18.6 Å². The van der Waals surface area contributed by atoms with Crippen LogP contribution < -0.4 is 15.4 Å². The Kier molecular flexibility index (Phi) is 8.30. The van der Waals surface area contributed by atoms with Crippen LogP contribution in [0.5, 0.6) is 5.88 Å². The predicted molar refractivity (Wildman–Crippen MR) is 105 cm³/mol. The zero-order valence-electron chi connectivity index (χ0n) is 13.4. The maximum absolute atomic E-state index is 5.25. The Balaban J connectivity index is 0.00000242. The summed E-state index contributed by atoms with van der Waals surface area (Å²) in [5, 5.41) is 6.73. The molecule has 2 N–H and O–H groups in total. The quantitative estimate of drug-likeness (QED) is 0.422. The topological polar surface area (TPSA) is 58.5 Å². The molecule has 7 heteroatoms. The van der Waals surface area contributed by atoms with Crippen LogP contribution in [0.3, 0.4) is 0 Å². The molecule has 22 heavy (non-hydrogen) atoms. The van der Waals surface area contributed by atoms with Crippen molar-refractivity contribution in [2.75, 3.05) is 26.5 Å². The number of pyridine rings is 1. The second kappa shape index (κ2) is 9.44. The van der Waals surface area contributed by atoms with Crippen LogP contribution in [-0.4, -0.2) is 42.1 Å². The first kappa shape index (κ1) is 19.3. The zero-order valence-corrected chi connectivity index (χ0v) is 16.5. The maximum Gasteiger partial charge on any atom is 0.218 e. The summed E-state index contributed by atoms with van der Waals surface area (Å²) in [6.07, 6.45) is 4.30. The Hall–Kier alpha value is -0.700. The van der Waals surface area contributed by atoms with Crippen LogP contribution in [0.2, 0.25) is 0 Å². The summed E-state index contributed by atoms with van der Waals surface area (Å²) in [5.41, 5.74) is 1.02. The number of hydrogen-bond donors (Lipinski definition) is 2. The second-order valence-electron chi connectivity index (χ2n) is 5.35. The van der Waals surface area contributed by atoms with E-state index in [1.807, 2.05) is 23.9 Å². The van der Waals surface area contributed by atoms with E-state index in [0.29, 0.717) is 17.2 Å². The summed E-state index contributed by atoms with van der Waals surface area (Å²) in [5.74, 6) is 2.73. The lowest BCUT2D eigenvalue weighted by molar-refractivity contribution is 0.392. The first-order valence-corrected chi connectivity index (χ1v) is 8.22. The van der Waals surface area contributed by atoms with Crippen molar-refractivity contribution < 1.29 is 4.74 Å². The molecule has 1 saturated heterocycles. The van der Waals surface area contributed by atoms with Crippen LogP contribution in [0.4, 0.5) is 0 Å². The standard InChI is InChI=1S/C15H24N4OS.HI/c1-15(7-5-9-21-15)11-19-14(16-2)18-10-12-6-4-8-17-13(12)20-3;/h4,6,8H,5,7,9-11H2,1-3H3,(H2,16,18,19);1H. The Morgan fingerprint density at radius 3 is 2.95 bits per heavy atom. The fourth-order valence-electron chi connectivity index (χ4n) is 2.39. The van der Waals surface area contributed by atoms with Gasteiger partial charge in [0, 0.05) is 36.6 Å². The number of rotatable bonds is 5. The molecule has 1 unspecified atom stereocenters. The van der Waals surface area contributed by atoms with Crippen LogP contribution >= 0.6 is 35.7 Å². The highest BCUT2D eigenvalue weighted by Crippen LogP contribution is 2.36. The highest BCUT2D eigenvalue weighted by atomic mass is 127.